The van der Waals surface area contributed by atoms with E-state index in [0.717, 1.165) is 0 Å². The zero-order valence-electron chi connectivity index (χ0n) is 11.3. The third kappa shape index (κ3) is 2.88. The van der Waals surface area contributed by atoms with Gasteiger partial charge in [0, 0.05) is 32.1 Å². The van der Waals surface area contributed by atoms with Gasteiger partial charge < -0.3 is 14.9 Å². The highest BCUT2D eigenvalue weighted by atomic mass is 16.4. The second-order valence-corrected chi connectivity index (χ2v) is 5.59. The number of rotatable bonds is 3. The summed E-state index contributed by atoms with van der Waals surface area (Å²) in [4.78, 5) is 38.1. The molecular weight excluding hydrogens is 248 g/mol. The minimum atomic E-state index is -0.882. The first kappa shape index (κ1) is 13.8. The molecule has 6 nitrogen and oxygen atoms in total. The van der Waals surface area contributed by atoms with Crippen molar-refractivity contribution >= 4 is 17.8 Å². The Hall–Kier alpha value is -1.59. The summed E-state index contributed by atoms with van der Waals surface area (Å²) in [6.45, 7) is 5.85. The van der Waals surface area contributed by atoms with Gasteiger partial charge in [-0.1, -0.05) is 13.8 Å². The molecule has 2 aliphatic rings. The molecule has 2 atom stereocenters. The van der Waals surface area contributed by atoms with E-state index in [-0.39, 0.29) is 23.7 Å². The highest BCUT2D eigenvalue weighted by Gasteiger charge is 2.50. The van der Waals surface area contributed by atoms with Gasteiger partial charge in [-0.3, -0.25) is 14.4 Å². The van der Waals surface area contributed by atoms with Crippen LogP contribution >= 0.6 is 0 Å². The normalized spacial score (nSPS) is 26.5. The number of aliphatic carboxylic acids is 1. The molecule has 0 aromatic rings. The van der Waals surface area contributed by atoms with Crippen molar-refractivity contribution in [1.82, 2.24) is 9.80 Å². The van der Waals surface area contributed by atoms with Gasteiger partial charge in [-0.15, -0.1) is 0 Å². The van der Waals surface area contributed by atoms with E-state index in [1.807, 2.05) is 13.8 Å². The number of piperazine rings is 1. The van der Waals surface area contributed by atoms with Gasteiger partial charge in [0.25, 0.3) is 0 Å². The molecule has 1 saturated heterocycles. The van der Waals surface area contributed by atoms with Gasteiger partial charge in [-0.05, 0) is 6.42 Å². The summed E-state index contributed by atoms with van der Waals surface area (Å²) in [5.74, 6) is -1.70. The fraction of sp³-hybridized carbons (Fsp3) is 0.769. The first-order valence-corrected chi connectivity index (χ1v) is 6.72. The van der Waals surface area contributed by atoms with Gasteiger partial charge in [-0.25, -0.2) is 0 Å². The Morgan fingerprint density at radius 3 is 1.95 bits per heavy atom. The molecule has 2 fully saturated rings. The lowest BCUT2D eigenvalue weighted by molar-refractivity contribution is -0.144. The third-order valence-corrected chi connectivity index (χ3v) is 3.82. The fourth-order valence-corrected chi connectivity index (χ4v) is 2.49. The molecule has 1 saturated carbocycles. The van der Waals surface area contributed by atoms with E-state index in [2.05, 4.69) is 0 Å². The number of carboxylic acid groups (broad SMARTS) is 1. The molecule has 6 heteroatoms. The first-order valence-electron chi connectivity index (χ1n) is 6.72. The summed E-state index contributed by atoms with van der Waals surface area (Å²) in [5.41, 5.74) is 0. The zero-order chi connectivity index (χ0) is 14.2. The lowest BCUT2D eigenvalue weighted by Gasteiger charge is -2.35. The second-order valence-electron chi connectivity index (χ2n) is 5.59. The van der Waals surface area contributed by atoms with Gasteiger partial charge in [0.1, 0.15) is 0 Å². The van der Waals surface area contributed by atoms with Crippen LogP contribution in [0.25, 0.3) is 0 Å². The van der Waals surface area contributed by atoms with Crippen molar-refractivity contribution in [2.45, 2.75) is 20.3 Å². The average Bonchev–Trinajstić information content (AvgIpc) is 3.17. The number of amides is 2. The van der Waals surface area contributed by atoms with Crippen LogP contribution in [-0.4, -0.2) is 58.9 Å². The molecule has 0 spiro atoms. The van der Waals surface area contributed by atoms with E-state index in [0.29, 0.717) is 32.6 Å². The van der Waals surface area contributed by atoms with E-state index in [1.54, 1.807) is 9.80 Å². The maximum Gasteiger partial charge on any atom is 0.307 e. The molecular formula is C13H20N2O4. The van der Waals surface area contributed by atoms with Crippen LogP contribution in [0.3, 0.4) is 0 Å². The number of hydrogen-bond acceptors (Lipinski definition) is 3. The van der Waals surface area contributed by atoms with Gasteiger partial charge in [-0.2, -0.15) is 0 Å². The topological polar surface area (TPSA) is 77.9 Å². The number of carbonyl (C=O) groups is 3. The summed E-state index contributed by atoms with van der Waals surface area (Å²) < 4.78 is 0. The summed E-state index contributed by atoms with van der Waals surface area (Å²) in [5, 5.41) is 8.82. The number of hydrogen-bond donors (Lipinski definition) is 1. The van der Waals surface area contributed by atoms with Crippen LogP contribution in [0.15, 0.2) is 0 Å². The second kappa shape index (κ2) is 5.19. The quantitative estimate of drug-likeness (QED) is 0.783. The van der Waals surface area contributed by atoms with Crippen molar-refractivity contribution in [3.05, 3.63) is 0 Å². The number of carboxylic acids is 1. The first-order chi connectivity index (χ1) is 8.91. The predicted octanol–water partition coefficient (Wildman–Crippen LogP) is 0.0339. The monoisotopic (exact) mass is 268 g/mol. The molecule has 0 aromatic heterocycles. The van der Waals surface area contributed by atoms with Crippen molar-refractivity contribution in [3.8, 4) is 0 Å². The van der Waals surface area contributed by atoms with Crippen molar-refractivity contribution in [1.29, 1.82) is 0 Å². The summed E-state index contributed by atoms with van der Waals surface area (Å²) in [6, 6.07) is 0. The van der Waals surface area contributed by atoms with E-state index < -0.39 is 11.9 Å². The molecule has 2 rings (SSSR count). The van der Waals surface area contributed by atoms with E-state index in [1.165, 1.54) is 0 Å². The highest BCUT2D eigenvalue weighted by Crippen LogP contribution is 2.40. The van der Waals surface area contributed by atoms with E-state index in [4.69, 9.17) is 5.11 Å². The molecule has 0 radical (unpaired) electrons. The molecule has 0 bridgehead atoms. The number of nitrogens with zero attached hydrogens (tertiary/aromatic N) is 2. The molecule has 1 aliphatic carbocycles. The molecule has 106 valence electrons. The van der Waals surface area contributed by atoms with Crippen molar-refractivity contribution < 1.29 is 19.5 Å². The SMILES string of the molecule is CC(C)C(=O)N1CCN(C(=O)C2CC2C(=O)O)CC1. The summed E-state index contributed by atoms with van der Waals surface area (Å²) in [6.07, 6.45) is 0.458. The van der Waals surface area contributed by atoms with E-state index >= 15 is 0 Å². The summed E-state index contributed by atoms with van der Waals surface area (Å²) >= 11 is 0. The molecule has 19 heavy (non-hydrogen) atoms. The summed E-state index contributed by atoms with van der Waals surface area (Å²) in [7, 11) is 0. The van der Waals surface area contributed by atoms with Crippen LogP contribution in [0.5, 0.6) is 0 Å². The number of carbonyl (C=O) groups excluding carboxylic acids is 2. The predicted molar refractivity (Wildman–Crippen MR) is 67.2 cm³/mol. The van der Waals surface area contributed by atoms with Crippen LogP contribution < -0.4 is 0 Å². The van der Waals surface area contributed by atoms with Gasteiger partial charge in [0.15, 0.2) is 0 Å². The fourth-order valence-electron chi connectivity index (χ4n) is 2.49. The van der Waals surface area contributed by atoms with Gasteiger partial charge >= 0.3 is 5.97 Å². The van der Waals surface area contributed by atoms with Crippen LogP contribution in [-0.2, 0) is 14.4 Å². The van der Waals surface area contributed by atoms with E-state index in [9.17, 15) is 14.4 Å². The largest absolute Gasteiger partial charge is 0.481 e. The lowest BCUT2D eigenvalue weighted by Crippen LogP contribution is -2.52. The Morgan fingerprint density at radius 1 is 1.00 bits per heavy atom. The Labute approximate surface area is 112 Å². The molecule has 2 unspecified atom stereocenters. The van der Waals surface area contributed by atoms with Crippen LogP contribution in [0, 0.1) is 17.8 Å². The molecule has 1 N–H and O–H groups in total. The molecule has 2 amide bonds. The Morgan fingerprint density at radius 2 is 1.53 bits per heavy atom. The molecule has 1 heterocycles. The van der Waals surface area contributed by atoms with Gasteiger partial charge in [0.05, 0.1) is 11.8 Å². The third-order valence-electron chi connectivity index (χ3n) is 3.82. The minimum Gasteiger partial charge on any atom is -0.481 e. The maximum atomic E-state index is 12.0. The van der Waals surface area contributed by atoms with Crippen LogP contribution in [0.4, 0.5) is 0 Å². The van der Waals surface area contributed by atoms with Crippen molar-refractivity contribution in [3.63, 3.8) is 0 Å². The Bertz CT molecular complexity index is 399. The average molecular weight is 268 g/mol. The Balaban J connectivity index is 1.82. The lowest BCUT2D eigenvalue weighted by atomic mass is 10.1. The Kier molecular flexibility index (Phi) is 3.78. The van der Waals surface area contributed by atoms with Crippen molar-refractivity contribution in [2.75, 3.05) is 26.2 Å². The van der Waals surface area contributed by atoms with Gasteiger partial charge in [0.2, 0.25) is 11.8 Å². The smallest absolute Gasteiger partial charge is 0.307 e. The minimum absolute atomic E-state index is 0.0259. The molecule has 0 aromatic carbocycles. The highest BCUT2D eigenvalue weighted by molar-refractivity contribution is 5.89. The molecule has 1 aliphatic heterocycles. The van der Waals surface area contributed by atoms with Crippen LogP contribution in [0.2, 0.25) is 0 Å². The van der Waals surface area contributed by atoms with Crippen LogP contribution in [0.1, 0.15) is 20.3 Å². The standard InChI is InChI=1S/C13H20N2O4/c1-8(2)11(16)14-3-5-15(6-4-14)12(17)9-7-10(9)13(18)19/h8-10H,3-7H2,1-2H3,(H,18,19). The maximum absolute atomic E-state index is 12.0. The van der Waals surface area contributed by atoms with Crippen molar-refractivity contribution in [2.24, 2.45) is 17.8 Å². The zero-order valence-corrected chi connectivity index (χ0v) is 11.3.